The highest BCUT2D eigenvalue weighted by molar-refractivity contribution is 5.90. The number of amides is 2. The first-order valence-corrected chi connectivity index (χ1v) is 8.30. The molecule has 4 atom stereocenters. The van der Waals surface area contributed by atoms with Gasteiger partial charge in [-0.2, -0.15) is 0 Å². The molecule has 4 fully saturated rings. The van der Waals surface area contributed by atoms with Crippen LogP contribution in [0.5, 0.6) is 0 Å². The number of carbonyl (C=O) groups is 2. The fraction of sp³-hybridized carbons (Fsp3) is 0.875. The van der Waals surface area contributed by atoms with E-state index < -0.39 is 0 Å². The Hall–Kier alpha value is -1.06. The molecule has 2 aliphatic carbocycles. The summed E-state index contributed by atoms with van der Waals surface area (Å²) in [6.45, 7) is 2.35. The van der Waals surface area contributed by atoms with E-state index in [2.05, 4.69) is 0 Å². The first-order chi connectivity index (χ1) is 9.72. The third-order valence-electron chi connectivity index (χ3n) is 6.10. The van der Waals surface area contributed by atoms with Crippen molar-refractivity contribution in [2.24, 2.45) is 17.8 Å². The van der Waals surface area contributed by atoms with E-state index >= 15 is 0 Å². The van der Waals surface area contributed by atoms with E-state index in [4.69, 9.17) is 0 Å². The fourth-order valence-corrected chi connectivity index (χ4v) is 5.08. The number of rotatable bonds is 2. The summed E-state index contributed by atoms with van der Waals surface area (Å²) >= 11 is 0. The molecule has 2 saturated heterocycles. The summed E-state index contributed by atoms with van der Waals surface area (Å²) in [5, 5.41) is 0. The maximum Gasteiger partial charge on any atom is 0.245 e. The summed E-state index contributed by atoms with van der Waals surface area (Å²) < 4.78 is 0. The zero-order valence-corrected chi connectivity index (χ0v) is 12.1. The first kappa shape index (κ1) is 12.7. The van der Waals surface area contributed by atoms with Crippen molar-refractivity contribution in [1.29, 1.82) is 0 Å². The van der Waals surface area contributed by atoms with Gasteiger partial charge in [0.1, 0.15) is 6.04 Å². The minimum absolute atomic E-state index is 0.136. The van der Waals surface area contributed by atoms with Crippen LogP contribution in [-0.2, 0) is 9.59 Å². The first-order valence-electron chi connectivity index (χ1n) is 8.30. The number of hydrogen-bond acceptors (Lipinski definition) is 2. The summed E-state index contributed by atoms with van der Waals surface area (Å²) in [5.41, 5.74) is 0. The van der Waals surface area contributed by atoms with E-state index in [1.165, 1.54) is 25.7 Å². The van der Waals surface area contributed by atoms with Gasteiger partial charge in [-0.3, -0.25) is 9.59 Å². The van der Waals surface area contributed by atoms with Crippen molar-refractivity contribution >= 4 is 11.8 Å². The van der Waals surface area contributed by atoms with Gasteiger partial charge in [0.2, 0.25) is 11.8 Å². The average molecular weight is 276 g/mol. The van der Waals surface area contributed by atoms with Gasteiger partial charge in [0.05, 0.1) is 0 Å². The highest BCUT2D eigenvalue weighted by atomic mass is 16.2. The predicted octanol–water partition coefficient (Wildman–Crippen LogP) is 1.65. The SMILES string of the molecule is O=C1C2CCCN2C(=O)CCN1CC1CC2CCC1C2. The van der Waals surface area contributed by atoms with E-state index in [0.29, 0.717) is 18.9 Å². The Morgan fingerprint density at radius 1 is 1.05 bits per heavy atom. The fourth-order valence-electron chi connectivity index (χ4n) is 5.08. The second kappa shape index (κ2) is 4.74. The molecule has 0 spiro atoms. The molecule has 0 radical (unpaired) electrons. The van der Waals surface area contributed by atoms with Gasteiger partial charge in [-0.1, -0.05) is 6.42 Å². The molecular formula is C16H24N2O2. The van der Waals surface area contributed by atoms with Crippen molar-refractivity contribution in [3.05, 3.63) is 0 Å². The van der Waals surface area contributed by atoms with Crippen LogP contribution in [-0.4, -0.2) is 47.3 Å². The molecule has 0 aromatic heterocycles. The summed E-state index contributed by atoms with van der Waals surface area (Å²) in [6, 6.07) is -0.136. The third kappa shape index (κ3) is 1.95. The van der Waals surface area contributed by atoms with Gasteiger partial charge < -0.3 is 9.80 Å². The largest absolute Gasteiger partial charge is 0.340 e. The van der Waals surface area contributed by atoms with E-state index in [-0.39, 0.29) is 17.9 Å². The third-order valence-corrected chi connectivity index (χ3v) is 6.10. The van der Waals surface area contributed by atoms with Gasteiger partial charge in [-0.25, -0.2) is 0 Å². The van der Waals surface area contributed by atoms with Gasteiger partial charge >= 0.3 is 0 Å². The van der Waals surface area contributed by atoms with Crippen LogP contribution in [0, 0.1) is 17.8 Å². The summed E-state index contributed by atoms with van der Waals surface area (Å²) in [7, 11) is 0. The number of hydrogen-bond donors (Lipinski definition) is 0. The van der Waals surface area contributed by atoms with Gasteiger partial charge in [0.15, 0.2) is 0 Å². The Labute approximate surface area is 120 Å². The Balaban J connectivity index is 1.47. The molecule has 2 aliphatic heterocycles. The molecule has 4 unspecified atom stereocenters. The predicted molar refractivity (Wildman–Crippen MR) is 74.9 cm³/mol. The second-order valence-electron chi connectivity index (χ2n) is 7.21. The van der Waals surface area contributed by atoms with Crippen molar-refractivity contribution in [3.63, 3.8) is 0 Å². The molecular weight excluding hydrogens is 252 g/mol. The van der Waals surface area contributed by atoms with Gasteiger partial charge in [-0.05, 0) is 49.9 Å². The molecule has 2 amide bonds. The molecule has 4 aliphatic rings. The lowest BCUT2D eigenvalue weighted by Gasteiger charge is -2.30. The quantitative estimate of drug-likeness (QED) is 0.769. The smallest absolute Gasteiger partial charge is 0.245 e. The van der Waals surface area contributed by atoms with Crippen molar-refractivity contribution in [3.8, 4) is 0 Å². The van der Waals surface area contributed by atoms with Crippen LogP contribution in [0.25, 0.3) is 0 Å². The molecule has 2 bridgehead atoms. The summed E-state index contributed by atoms with van der Waals surface area (Å²) in [4.78, 5) is 28.7. The molecule has 0 N–H and O–H groups in total. The molecule has 4 nitrogen and oxygen atoms in total. The molecule has 2 saturated carbocycles. The van der Waals surface area contributed by atoms with Crippen molar-refractivity contribution in [2.45, 2.75) is 51.0 Å². The average Bonchev–Trinajstić information content (AvgIpc) is 3.15. The standard InChI is InChI=1S/C16H24N2O2/c19-15-5-7-17(16(20)14-2-1-6-18(14)15)10-13-9-11-3-4-12(13)8-11/h11-14H,1-10H2. The maximum atomic E-state index is 12.7. The number of fused-ring (bicyclic) bond motifs is 3. The van der Waals surface area contributed by atoms with Crippen LogP contribution in [0.2, 0.25) is 0 Å². The van der Waals surface area contributed by atoms with Gasteiger partial charge in [0, 0.05) is 26.1 Å². The number of nitrogens with zero attached hydrogens (tertiary/aromatic N) is 2. The Morgan fingerprint density at radius 2 is 1.95 bits per heavy atom. The zero-order valence-electron chi connectivity index (χ0n) is 12.1. The topological polar surface area (TPSA) is 40.6 Å². The van der Waals surface area contributed by atoms with Crippen LogP contribution in [0.3, 0.4) is 0 Å². The number of carbonyl (C=O) groups excluding carboxylic acids is 2. The van der Waals surface area contributed by atoms with E-state index in [1.54, 1.807) is 0 Å². The maximum absolute atomic E-state index is 12.7. The minimum Gasteiger partial charge on any atom is -0.340 e. The lowest BCUT2D eigenvalue weighted by atomic mass is 9.88. The highest BCUT2D eigenvalue weighted by Gasteiger charge is 2.43. The monoisotopic (exact) mass is 276 g/mol. The van der Waals surface area contributed by atoms with E-state index in [9.17, 15) is 9.59 Å². The van der Waals surface area contributed by atoms with Crippen LogP contribution >= 0.6 is 0 Å². The summed E-state index contributed by atoms with van der Waals surface area (Å²) in [6.07, 6.45) is 7.87. The van der Waals surface area contributed by atoms with E-state index in [1.807, 2.05) is 9.80 Å². The van der Waals surface area contributed by atoms with Crippen LogP contribution in [0.1, 0.15) is 44.9 Å². The molecule has 0 aromatic rings. The minimum atomic E-state index is -0.136. The molecule has 2 heterocycles. The van der Waals surface area contributed by atoms with Gasteiger partial charge in [-0.15, -0.1) is 0 Å². The van der Waals surface area contributed by atoms with Crippen LogP contribution < -0.4 is 0 Å². The van der Waals surface area contributed by atoms with E-state index in [0.717, 1.165) is 37.8 Å². The second-order valence-corrected chi connectivity index (χ2v) is 7.21. The van der Waals surface area contributed by atoms with Gasteiger partial charge in [0.25, 0.3) is 0 Å². The van der Waals surface area contributed by atoms with Crippen molar-refractivity contribution in [2.75, 3.05) is 19.6 Å². The molecule has 20 heavy (non-hydrogen) atoms. The lowest BCUT2D eigenvalue weighted by Crippen LogP contribution is -2.45. The Morgan fingerprint density at radius 3 is 2.70 bits per heavy atom. The van der Waals surface area contributed by atoms with Crippen molar-refractivity contribution < 1.29 is 9.59 Å². The molecule has 4 rings (SSSR count). The van der Waals surface area contributed by atoms with Crippen molar-refractivity contribution in [1.82, 2.24) is 9.80 Å². The molecule has 110 valence electrons. The zero-order chi connectivity index (χ0) is 13.7. The van der Waals surface area contributed by atoms with Crippen LogP contribution in [0.4, 0.5) is 0 Å². The molecule has 0 aromatic carbocycles. The summed E-state index contributed by atoms with van der Waals surface area (Å²) in [5.74, 6) is 2.91. The lowest BCUT2D eigenvalue weighted by molar-refractivity contribution is -0.139. The molecule has 4 heteroatoms. The normalized spacial score (nSPS) is 40.4. The highest BCUT2D eigenvalue weighted by Crippen LogP contribution is 2.48. The Kier molecular flexibility index (Phi) is 3.00. The Bertz CT molecular complexity index is 436. The van der Waals surface area contributed by atoms with Crippen LogP contribution in [0.15, 0.2) is 0 Å².